The van der Waals surface area contributed by atoms with Crippen molar-refractivity contribution in [2.24, 2.45) is 11.8 Å². The van der Waals surface area contributed by atoms with Crippen molar-refractivity contribution in [3.05, 3.63) is 0 Å². The molecular weight excluding hydrogens is 244 g/mol. The molecule has 0 spiro atoms. The molecule has 5 nitrogen and oxygen atoms in total. The van der Waals surface area contributed by atoms with Crippen molar-refractivity contribution < 1.29 is 14.7 Å². The first-order chi connectivity index (χ1) is 9.10. The van der Waals surface area contributed by atoms with E-state index in [2.05, 4.69) is 12.2 Å². The predicted octanol–water partition coefficient (Wildman–Crippen LogP) is 2.07. The van der Waals surface area contributed by atoms with Gasteiger partial charge in [-0.1, -0.05) is 26.2 Å². The number of hydrogen-bond donors (Lipinski definition) is 2. The molecule has 1 aliphatic carbocycles. The van der Waals surface area contributed by atoms with Gasteiger partial charge in [0.1, 0.15) is 0 Å². The van der Waals surface area contributed by atoms with Gasteiger partial charge in [0.05, 0.1) is 5.92 Å². The van der Waals surface area contributed by atoms with E-state index in [-0.39, 0.29) is 18.0 Å². The fourth-order valence-electron chi connectivity index (χ4n) is 3.21. The molecule has 19 heavy (non-hydrogen) atoms. The Morgan fingerprint density at radius 2 is 2.11 bits per heavy atom. The van der Waals surface area contributed by atoms with Crippen molar-refractivity contribution in [1.82, 2.24) is 10.2 Å². The minimum atomic E-state index is -0.793. The lowest BCUT2D eigenvalue weighted by atomic mass is 9.84. The number of nitrogens with zero attached hydrogens (tertiary/aromatic N) is 1. The van der Waals surface area contributed by atoms with Crippen LogP contribution in [0.25, 0.3) is 0 Å². The SMILES string of the molecule is CCC1CCCC(NC(=O)N2CCC(C(=O)O)C2)C1. The van der Waals surface area contributed by atoms with Gasteiger partial charge in [-0.25, -0.2) is 4.79 Å². The summed E-state index contributed by atoms with van der Waals surface area (Å²) in [4.78, 5) is 24.6. The van der Waals surface area contributed by atoms with Crippen molar-refractivity contribution in [2.45, 2.75) is 51.5 Å². The quantitative estimate of drug-likeness (QED) is 0.823. The zero-order valence-electron chi connectivity index (χ0n) is 11.6. The van der Waals surface area contributed by atoms with Gasteiger partial charge in [-0.15, -0.1) is 0 Å². The molecule has 0 aromatic carbocycles. The van der Waals surface area contributed by atoms with E-state index in [1.54, 1.807) is 4.90 Å². The number of amides is 2. The van der Waals surface area contributed by atoms with Crippen molar-refractivity contribution in [1.29, 1.82) is 0 Å². The van der Waals surface area contributed by atoms with Crippen LogP contribution in [-0.2, 0) is 4.79 Å². The van der Waals surface area contributed by atoms with E-state index in [1.165, 1.54) is 19.3 Å². The van der Waals surface area contributed by atoms with Gasteiger partial charge in [0.2, 0.25) is 0 Å². The minimum absolute atomic E-state index is 0.0782. The highest BCUT2D eigenvalue weighted by molar-refractivity contribution is 5.77. The van der Waals surface area contributed by atoms with Gasteiger partial charge in [-0.2, -0.15) is 0 Å². The second kappa shape index (κ2) is 6.26. The number of aliphatic carboxylic acids is 1. The Kier molecular flexibility index (Phi) is 4.66. The first-order valence-electron chi connectivity index (χ1n) is 7.38. The molecule has 2 amide bonds. The molecule has 2 N–H and O–H groups in total. The standard InChI is InChI=1S/C14H24N2O3/c1-2-10-4-3-5-12(8-10)15-14(19)16-7-6-11(9-16)13(17)18/h10-12H,2-9H2,1H3,(H,15,19)(H,17,18). The molecule has 1 saturated heterocycles. The lowest BCUT2D eigenvalue weighted by molar-refractivity contribution is -0.141. The molecule has 3 atom stereocenters. The van der Waals surface area contributed by atoms with Gasteiger partial charge >= 0.3 is 12.0 Å². The van der Waals surface area contributed by atoms with Crippen LogP contribution in [0, 0.1) is 11.8 Å². The number of carboxylic acids is 1. The number of urea groups is 1. The molecule has 0 aromatic heterocycles. The van der Waals surface area contributed by atoms with Gasteiger partial charge in [0.25, 0.3) is 0 Å². The lowest BCUT2D eigenvalue weighted by Crippen LogP contribution is -2.45. The van der Waals surface area contributed by atoms with Crippen LogP contribution in [0.2, 0.25) is 0 Å². The van der Waals surface area contributed by atoms with Crippen LogP contribution < -0.4 is 5.32 Å². The second-order valence-corrected chi connectivity index (χ2v) is 5.86. The summed E-state index contributed by atoms with van der Waals surface area (Å²) in [5.74, 6) is -0.455. The second-order valence-electron chi connectivity index (χ2n) is 5.86. The van der Waals surface area contributed by atoms with E-state index in [1.807, 2.05) is 0 Å². The zero-order chi connectivity index (χ0) is 13.8. The Bertz CT molecular complexity index is 346. The molecule has 0 radical (unpaired) electrons. The molecule has 3 unspecified atom stereocenters. The van der Waals surface area contributed by atoms with E-state index in [4.69, 9.17) is 5.11 Å². The summed E-state index contributed by atoms with van der Waals surface area (Å²) in [5.41, 5.74) is 0. The van der Waals surface area contributed by atoms with E-state index in [9.17, 15) is 9.59 Å². The van der Waals surface area contributed by atoms with Crippen molar-refractivity contribution in [3.8, 4) is 0 Å². The van der Waals surface area contributed by atoms with Crippen LogP contribution >= 0.6 is 0 Å². The molecule has 5 heteroatoms. The zero-order valence-corrected chi connectivity index (χ0v) is 11.6. The third-order valence-corrected chi connectivity index (χ3v) is 4.51. The van der Waals surface area contributed by atoms with Crippen LogP contribution in [0.5, 0.6) is 0 Å². The molecule has 2 fully saturated rings. The third kappa shape index (κ3) is 3.61. The number of hydrogen-bond acceptors (Lipinski definition) is 2. The highest BCUT2D eigenvalue weighted by Gasteiger charge is 2.32. The number of rotatable bonds is 3. The molecule has 1 aliphatic heterocycles. The Labute approximate surface area is 114 Å². The molecule has 2 aliphatic rings. The van der Waals surface area contributed by atoms with Gasteiger partial charge in [-0.05, 0) is 25.2 Å². The maximum atomic E-state index is 12.1. The summed E-state index contributed by atoms with van der Waals surface area (Å²) in [6.45, 7) is 3.12. The van der Waals surface area contributed by atoms with Crippen LogP contribution in [0.4, 0.5) is 4.79 Å². The van der Waals surface area contributed by atoms with Crippen molar-refractivity contribution >= 4 is 12.0 Å². The fourth-order valence-corrected chi connectivity index (χ4v) is 3.21. The molecular formula is C14H24N2O3. The summed E-state index contributed by atoms with van der Waals surface area (Å²) in [6.07, 6.45) is 6.33. The van der Waals surface area contributed by atoms with E-state index in [0.717, 1.165) is 18.8 Å². The highest BCUT2D eigenvalue weighted by Crippen LogP contribution is 2.27. The first-order valence-corrected chi connectivity index (χ1v) is 7.38. The number of nitrogens with one attached hydrogen (secondary N) is 1. The Hall–Kier alpha value is -1.26. The number of carboxylic acid groups (broad SMARTS) is 1. The summed E-state index contributed by atoms with van der Waals surface area (Å²) in [7, 11) is 0. The summed E-state index contributed by atoms with van der Waals surface area (Å²) in [6, 6.07) is 0.195. The Morgan fingerprint density at radius 3 is 2.74 bits per heavy atom. The third-order valence-electron chi connectivity index (χ3n) is 4.51. The van der Waals surface area contributed by atoms with Gasteiger partial charge in [0.15, 0.2) is 0 Å². The van der Waals surface area contributed by atoms with Crippen LogP contribution in [0.15, 0.2) is 0 Å². The average Bonchev–Trinajstić information content (AvgIpc) is 2.89. The topological polar surface area (TPSA) is 69.6 Å². The molecule has 1 heterocycles. The van der Waals surface area contributed by atoms with E-state index < -0.39 is 5.97 Å². The highest BCUT2D eigenvalue weighted by atomic mass is 16.4. The fraction of sp³-hybridized carbons (Fsp3) is 0.857. The van der Waals surface area contributed by atoms with E-state index in [0.29, 0.717) is 19.5 Å². The maximum Gasteiger partial charge on any atom is 0.317 e. The van der Waals surface area contributed by atoms with Crippen molar-refractivity contribution in [2.75, 3.05) is 13.1 Å². The van der Waals surface area contributed by atoms with E-state index >= 15 is 0 Å². The smallest absolute Gasteiger partial charge is 0.317 e. The predicted molar refractivity (Wildman–Crippen MR) is 71.9 cm³/mol. The summed E-state index contributed by atoms with van der Waals surface area (Å²) < 4.78 is 0. The van der Waals surface area contributed by atoms with Crippen LogP contribution in [-0.4, -0.2) is 41.1 Å². The largest absolute Gasteiger partial charge is 0.481 e. The number of carbonyl (C=O) groups excluding carboxylic acids is 1. The Morgan fingerprint density at radius 1 is 1.32 bits per heavy atom. The summed E-state index contributed by atoms with van der Waals surface area (Å²) in [5, 5.41) is 12.0. The minimum Gasteiger partial charge on any atom is -0.481 e. The van der Waals surface area contributed by atoms with Gasteiger partial charge < -0.3 is 15.3 Å². The molecule has 1 saturated carbocycles. The number of likely N-dealkylation sites (tertiary alicyclic amines) is 1. The number of carbonyl (C=O) groups is 2. The molecule has 2 rings (SSSR count). The normalized spacial score (nSPS) is 31.2. The van der Waals surface area contributed by atoms with Crippen LogP contribution in [0.3, 0.4) is 0 Å². The average molecular weight is 268 g/mol. The molecule has 0 aromatic rings. The monoisotopic (exact) mass is 268 g/mol. The van der Waals surface area contributed by atoms with Crippen molar-refractivity contribution in [3.63, 3.8) is 0 Å². The molecule has 108 valence electrons. The summed E-state index contributed by atoms with van der Waals surface area (Å²) >= 11 is 0. The lowest BCUT2D eigenvalue weighted by Gasteiger charge is -2.30. The van der Waals surface area contributed by atoms with Crippen LogP contribution in [0.1, 0.15) is 45.4 Å². The first kappa shape index (κ1) is 14.2. The van der Waals surface area contributed by atoms with Gasteiger partial charge in [-0.3, -0.25) is 4.79 Å². The molecule has 0 bridgehead atoms. The Balaban J connectivity index is 1.79. The maximum absolute atomic E-state index is 12.1. The van der Waals surface area contributed by atoms with Gasteiger partial charge in [0, 0.05) is 19.1 Å².